The second-order valence-electron chi connectivity index (χ2n) is 7.21. The highest BCUT2D eigenvalue weighted by atomic mass is 16.6. The number of hydrogen-bond donors (Lipinski definition) is 0. The highest BCUT2D eigenvalue weighted by Crippen LogP contribution is 2.19. The van der Waals surface area contributed by atoms with Gasteiger partial charge in [-0.1, -0.05) is 11.2 Å². The zero-order chi connectivity index (χ0) is 18.6. The average molecular weight is 360 g/mol. The summed E-state index contributed by atoms with van der Waals surface area (Å²) in [7, 11) is 0. The Kier molecular flexibility index (Phi) is 5.51. The fourth-order valence-electron chi connectivity index (χ4n) is 2.63. The van der Waals surface area contributed by atoms with E-state index in [1.807, 2.05) is 39.0 Å². The van der Waals surface area contributed by atoms with Crippen LogP contribution < -0.4 is 0 Å². The summed E-state index contributed by atoms with van der Waals surface area (Å²) in [5, 5.41) is 3.92. The van der Waals surface area contributed by atoms with Gasteiger partial charge in [0.15, 0.2) is 5.82 Å². The van der Waals surface area contributed by atoms with E-state index in [1.54, 1.807) is 11.1 Å². The third kappa shape index (κ3) is 5.01. The molecule has 1 amide bonds. The van der Waals surface area contributed by atoms with E-state index in [1.165, 1.54) is 0 Å². The van der Waals surface area contributed by atoms with E-state index in [0.29, 0.717) is 30.5 Å². The summed E-state index contributed by atoms with van der Waals surface area (Å²) in [6.45, 7) is 7.10. The number of carbonyl (C=O) groups is 1. The molecular weight excluding hydrogens is 336 g/mol. The smallest absolute Gasteiger partial charge is 0.410 e. The maximum atomic E-state index is 12.1. The van der Waals surface area contributed by atoms with E-state index in [2.05, 4.69) is 15.1 Å². The highest BCUT2D eigenvalue weighted by Gasteiger charge is 2.27. The van der Waals surface area contributed by atoms with Crippen LogP contribution in [0.1, 0.15) is 39.4 Å². The maximum absolute atomic E-state index is 12.1. The lowest BCUT2D eigenvalue weighted by Crippen LogP contribution is -2.43. The Balaban J connectivity index is 1.44. The van der Waals surface area contributed by atoms with E-state index >= 15 is 0 Å². The Morgan fingerprint density at radius 2 is 2.08 bits per heavy atom. The lowest BCUT2D eigenvalue weighted by molar-refractivity contribution is -0.0190. The molecule has 0 saturated carbocycles. The number of amides is 1. The van der Waals surface area contributed by atoms with Gasteiger partial charge in [-0.15, -0.1) is 0 Å². The van der Waals surface area contributed by atoms with Gasteiger partial charge in [-0.2, -0.15) is 4.98 Å². The SMILES string of the molecule is CC(C)(C)OC(=O)N1CCC(OCc2noc(-c3ccccn3)n2)CC1. The number of hydrogen-bond acceptors (Lipinski definition) is 7. The minimum atomic E-state index is -0.478. The molecule has 0 aromatic carbocycles. The lowest BCUT2D eigenvalue weighted by Gasteiger charge is -2.33. The van der Waals surface area contributed by atoms with E-state index < -0.39 is 5.60 Å². The summed E-state index contributed by atoms with van der Waals surface area (Å²) in [5.41, 5.74) is 0.158. The van der Waals surface area contributed by atoms with Crippen molar-refractivity contribution in [1.82, 2.24) is 20.0 Å². The molecule has 0 N–H and O–H groups in total. The predicted octanol–water partition coefficient (Wildman–Crippen LogP) is 3.05. The van der Waals surface area contributed by atoms with Crippen molar-refractivity contribution in [3.63, 3.8) is 0 Å². The minimum absolute atomic E-state index is 0.0606. The standard InChI is InChI=1S/C18H24N4O4/c1-18(2,3)25-17(23)22-10-7-13(8-11-22)24-12-15-20-16(26-21-15)14-6-4-5-9-19-14/h4-6,9,13H,7-8,10-12H2,1-3H3. The summed E-state index contributed by atoms with van der Waals surface area (Å²) in [5.74, 6) is 0.865. The van der Waals surface area contributed by atoms with Crippen molar-refractivity contribution >= 4 is 6.09 Å². The van der Waals surface area contributed by atoms with Crippen LogP contribution in [-0.2, 0) is 16.1 Å². The van der Waals surface area contributed by atoms with Crippen LogP contribution in [0.15, 0.2) is 28.9 Å². The molecular formula is C18H24N4O4. The number of ether oxygens (including phenoxy) is 2. The largest absolute Gasteiger partial charge is 0.444 e. The molecule has 1 saturated heterocycles. The molecule has 8 heteroatoms. The van der Waals surface area contributed by atoms with Gasteiger partial charge in [0.25, 0.3) is 5.89 Å². The van der Waals surface area contributed by atoms with Gasteiger partial charge >= 0.3 is 6.09 Å². The molecule has 3 heterocycles. The van der Waals surface area contributed by atoms with Crippen molar-refractivity contribution in [2.24, 2.45) is 0 Å². The third-order valence-electron chi connectivity index (χ3n) is 3.89. The number of aromatic nitrogens is 3. The molecule has 3 rings (SSSR count). The number of carbonyl (C=O) groups excluding carboxylic acids is 1. The first-order valence-corrected chi connectivity index (χ1v) is 8.74. The molecule has 0 bridgehead atoms. The number of rotatable bonds is 4. The molecule has 1 fully saturated rings. The van der Waals surface area contributed by atoms with Crippen LogP contribution in [0, 0.1) is 0 Å². The van der Waals surface area contributed by atoms with Crippen LogP contribution in [0.3, 0.4) is 0 Å². The van der Waals surface area contributed by atoms with Crippen molar-refractivity contribution in [1.29, 1.82) is 0 Å². The van der Waals surface area contributed by atoms with Crippen molar-refractivity contribution in [3.8, 4) is 11.6 Å². The van der Waals surface area contributed by atoms with Gasteiger partial charge in [0.05, 0.1) is 6.10 Å². The van der Waals surface area contributed by atoms with Crippen molar-refractivity contribution in [3.05, 3.63) is 30.2 Å². The molecule has 8 nitrogen and oxygen atoms in total. The van der Waals surface area contributed by atoms with E-state index in [4.69, 9.17) is 14.0 Å². The van der Waals surface area contributed by atoms with Crippen molar-refractivity contribution < 1.29 is 18.8 Å². The van der Waals surface area contributed by atoms with Crippen LogP contribution >= 0.6 is 0 Å². The molecule has 140 valence electrons. The molecule has 0 unspecified atom stereocenters. The van der Waals surface area contributed by atoms with Crippen molar-refractivity contribution in [2.45, 2.75) is 51.9 Å². The normalized spacial score (nSPS) is 15.9. The second-order valence-corrected chi connectivity index (χ2v) is 7.21. The fraction of sp³-hybridized carbons (Fsp3) is 0.556. The summed E-state index contributed by atoms with van der Waals surface area (Å²) in [6, 6.07) is 5.50. The summed E-state index contributed by atoms with van der Waals surface area (Å²) >= 11 is 0. The van der Waals surface area contributed by atoms with Crippen LogP contribution in [0.2, 0.25) is 0 Å². The van der Waals surface area contributed by atoms with Crippen LogP contribution in [0.5, 0.6) is 0 Å². The molecule has 1 aliphatic rings. The van der Waals surface area contributed by atoms with Gasteiger partial charge in [0.1, 0.15) is 17.9 Å². The van der Waals surface area contributed by atoms with E-state index in [-0.39, 0.29) is 18.8 Å². The predicted molar refractivity (Wildman–Crippen MR) is 93.1 cm³/mol. The third-order valence-corrected chi connectivity index (χ3v) is 3.89. The highest BCUT2D eigenvalue weighted by molar-refractivity contribution is 5.68. The first-order chi connectivity index (χ1) is 12.4. The summed E-state index contributed by atoms with van der Waals surface area (Å²) in [6.07, 6.45) is 2.97. The van der Waals surface area contributed by atoms with Gasteiger partial charge in [0.2, 0.25) is 0 Å². The number of piperidine rings is 1. The Morgan fingerprint density at radius 1 is 1.31 bits per heavy atom. The van der Waals surface area contributed by atoms with Crippen LogP contribution in [0.4, 0.5) is 4.79 Å². The summed E-state index contributed by atoms with van der Waals surface area (Å²) < 4.78 is 16.5. The van der Waals surface area contributed by atoms with Gasteiger partial charge in [-0.3, -0.25) is 4.98 Å². The Labute approximate surface area is 152 Å². The van der Waals surface area contributed by atoms with Crippen LogP contribution in [0.25, 0.3) is 11.6 Å². The topological polar surface area (TPSA) is 90.6 Å². The second kappa shape index (κ2) is 7.82. The van der Waals surface area contributed by atoms with E-state index in [0.717, 1.165) is 12.8 Å². The lowest BCUT2D eigenvalue weighted by atomic mass is 10.1. The maximum Gasteiger partial charge on any atom is 0.410 e. The van der Waals surface area contributed by atoms with Gasteiger partial charge < -0.3 is 18.9 Å². The molecule has 26 heavy (non-hydrogen) atoms. The molecule has 0 spiro atoms. The fourth-order valence-corrected chi connectivity index (χ4v) is 2.63. The summed E-state index contributed by atoms with van der Waals surface area (Å²) in [4.78, 5) is 22.3. The Hall–Kier alpha value is -2.48. The molecule has 1 aliphatic heterocycles. The Bertz CT molecular complexity index is 718. The molecule has 0 atom stereocenters. The number of likely N-dealkylation sites (tertiary alicyclic amines) is 1. The zero-order valence-electron chi connectivity index (χ0n) is 15.3. The first kappa shape index (κ1) is 18.3. The number of nitrogens with zero attached hydrogens (tertiary/aromatic N) is 4. The Morgan fingerprint density at radius 3 is 2.73 bits per heavy atom. The zero-order valence-corrected chi connectivity index (χ0v) is 15.3. The molecule has 0 radical (unpaired) electrons. The van der Waals surface area contributed by atoms with E-state index in [9.17, 15) is 4.79 Å². The number of pyridine rings is 1. The monoisotopic (exact) mass is 360 g/mol. The molecule has 2 aromatic rings. The van der Waals surface area contributed by atoms with Crippen LogP contribution in [-0.4, -0.2) is 50.9 Å². The quantitative estimate of drug-likeness (QED) is 0.827. The molecule has 2 aromatic heterocycles. The van der Waals surface area contributed by atoms with Gasteiger partial charge in [-0.25, -0.2) is 4.79 Å². The molecule has 0 aliphatic carbocycles. The first-order valence-electron chi connectivity index (χ1n) is 8.74. The average Bonchev–Trinajstić information content (AvgIpc) is 3.09. The van der Waals surface area contributed by atoms with Gasteiger partial charge in [0, 0.05) is 19.3 Å². The minimum Gasteiger partial charge on any atom is -0.444 e. The van der Waals surface area contributed by atoms with Gasteiger partial charge in [-0.05, 0) is 45.7 Å². The van der Waals surface area contributed by atoms with Crippen molar-refractivity contribution in [2.75, 3.05) is 13.1 Å².